The van der Waals surface area contributed by atoms with Crippen molar-refractivity contribution in [3.8, 4) is 5.75 Å². The zero-order valence-corrected chi connectivity index (χ0v) is 18.7. The first-order valence-electron chi connectivity index (χ1n) is 11.1. The second kappa shape index (κ2) is 7.47. The second-order valence-electron chi connectivity index (χ2n) is 8.48. The SMILES string of the molecule is COc1ccc(C2=C(c3ccccc3)C3C(=O)c4ccccc4C(=O)C23OC)c2cccnc12. The molecular weight excluding hydrogens is 426 g/mol. The molecule has 0 saturated carbocycles. The molecule has 2 aliphatic carbocycles. The number of methoxy groups -OCH3 is 2. The minimum atomic E-state index is -1.41. The molecule has 1 heterocycles. The summed E-state index contributed by atoms with van der Waals surface area (Å²) in [5, 5.41) is 0.833. The summed E-state index contributed by atoms with van der Waals surface area (Å²) in [7, 11) is 3.12. The lowest BCUT2D eigenvalue weighted by molar-refractivity contribution is 0.00585. The maximum Gasteiger partial charge on any atom is 0.201 e. The van der Waals surface area contributed by atoms with Crippen LogP contribution in [0.4, 0.5) is 0 Å². The van der Waals surface area contributed by atoms with Gasteiger partial charge in [0.05, 0.1) is 13.0 Å². The Morgan fingerprint density at radius 2 is 1.53 bits per heavy atom. The quantitative estimate of drug-likeness (QED) is 0.428. The molecular formula is C29H21NO4. The van der Waals surface area contributed by atoms with Crippen LogP contribution in [0, 0.1) is 5.92 Å². The summed E-state index contributed by atoms with van der Waals surface area (Å²) in [5.74, 6) is -0.389. The van der Waals surface area contributed by atoms with Crippen molar-refractivity contribution in [2.75, 3.05) is 14.2 Å². The van der Waals surface area contributed by atoms with Gasteiger partial charge in [0.15, 0.2) is 11.4 Å². The van der Waals surface area contributed by atoms with E-state index in [2.05, 4.69) is 4.98 Å². The second-order valence-corrected chi connectivity index (χ2v) is 8.48. The van der Waals surface area contributed by atoms with Gasteiger partial charge in [0.2, 0.25) is 5.78 Å². The first-order valence-corrected chi connectivity index (χ1v) is 11.1. The number of benzene rings is 3. The molecule has 1 aromatic heterocycles. The molecule has 2 unspecified atom stereocenters. The summed E-state index contributed by atoms with van der Waals surface area (Å²) in [6, 6.07) is 24.3. The lowest BCUT2D eigenvalue weighted by atomic mass is 9.52. The van der Waals surface area contributed by atoms with Gasteiger partial charge < -0.3 is 9.47 Å². The number of rotatable bonds is 4. The molecule has 34 heavy (non-hydrogen) atoms. The molecule has 0 saturated heterocycles. The van der Waals surface area contributed by atoms with Crippen LogP contribution in [0.25, 0.3) is 22.0 Å². The normalized spacial score (nSPS) is 21.2. The van der Waals surface area contributed by atoms with E-state index in [1.54, 1.807) is 37.6 Å². The fourth-order valence-corrected chi connectivity index (χ4v) is 5.54. The first-order chi connectivity index (χ1) is 16.6. The van der Waals surface area contributed by atoms with Crippen molar-refractivity contribution in [2.24, 2.45) is 5.92 Å². The predicted octanol–water partition coefficient (Wildman–Crippen LogP) is 5.25. The van der Waals surface area contributed by atoms with E-state index in [1.807, 2.05) is 54.6 Å². The largest absolute Gasteiger partial charge is 0.494 e. The maximum atomic E-state index is 14.0. The van der Waals surface area contributed by atoms with Gasteiger partial charge in [0.25, 0.3) is 0 Å². The first kappa shape index (κ1) is 20.5. The van der Waals surface area contributed by atoms with Gasteiger partial charge in [-0.3, -0.25) is 14.6 Å². The van der Waals surface area contributed by atoms with Crippen LogP contribution in [0.5, 0.6) is 5.75 Å². The van der Waals surface area contributed by atoms with E-state index in [-0.39, 0.29) is 11.6 Å². The third-order valence-corrected chi connectivity index (χ3v) is 7.00. The van der Waals surface area contributed by atoms with E-state index in [9.17, 15) is 9.59 Å². The van der Waals surface area contributed by atoms with E-state index in [1.165, 1.54) is 7.11 Å². The third kappa shape index (κ3) is 2.50. The summed E-state index contributed by atoms with van der Waals surface area (Å²) in [6.07, 6.45) is 1.71. The molecule has 0 radical (unpaired) electrons. The van der Waals surface area contributed by atoms with Crippen molar-refractivity contribution in [1.82, 2.24) is 4.98 Å². The van der Waals surface area contributed by atoms with E-state index >= 15 is 0 Å². The Labute approximate surface area is 196 Å². The number of pyridine rings is 1. The number of carbonyl (C=O) groups is 2. The monoisotopic (exact) mass is 447 g/mol. The fourth-order valence-electron chi connectivity index (χ4n) is 5.54. The van der Waals surface area contributed by atoms with E-state index < -0.39 is 11.5 Å². The maximum absolute atomic E-state index is 14.0. The average Bonchev–Trinajstić information content (AvgIpc) is 2.88. The van der Waals surface area contributed by atoms with Crippen molar-refractivity contribution in [3.05, 3.63) is 107 Å². The zero-order valence-electron chi connectivity index (χ0n) is 18.7. The van der Waals surface area contributed by atoms with Gasteiger partial charge in [-0.25, -0.2) is 0 Å². The highest BCUT2D eigenvalue weighted by Gasteiger charge is 2.66. The molecule has 3 aromatic carbocycles. The summed E-state index contributed by atoms with van der Waals surface area (Å²) >= 11 is 0. The number of ketones is 2. The van der Waals surface area contributed by atoms with Crippen LogP contribution in [0.3, 0.4) is 0 Å². The lowest BCUT2D eigenvalue weighted by Gasteiger charge is -2.52. The molecule has 0 aliphatic heterocycles. The van der Waals surface area contributed by atoms with Crippen LogP contribution in [0.15, 0.2) is 85.1 Å². The molecule has 0 N–H and O–H groups in total. The highest BCUT2D eigenvalue weighted by molar-refractivity contribution is 6.35. The number of ether oxygens (including phenoxy) is 2. The molecule has 0 bridgehead atoms. The topological polar surface area (TPSA) is 65.5 Å². The molecule has 6 rings (SSSR count). The number of nitrogens with zero attached hydrogens (tertiary/aromatic N) is 1. The molecule has 5 heteroatoms. The summed E-state index contributed by atoms with van der Waals surface area (Å²) in [4.78, 5) is 32.4. The Balaban J connectivity index is 1.72. The van der Waals surface area contributed by atoms with Gasteiger partial charge in [-0.2, -0.15) is 0 Å². The molecule has 0 amide bonds. The number of hydrogen-bond acceptors (Lipinski definition) is 5. The Morgan fingerprint density at radius 1 is 0.794 bits per heavy atom. The van der Waals surface area contributed by atoms with Gasteiger partial charge in [-0.1, -0.05) is 66.7 Å². The van der Waals surface area contributed by atoms with Crippen LogP contribution in [0.1, 0.15) is 31.8 Å². The van der Waals surface area contributed by atoms with Crippen LogP contribution in [-0.2, 0) is 4.74 Å². The van der Waals surface area contributed by atoms with E-state index in [0.29, 0.717) is 28.0 Å². The number of Topliss-reactive ketones (excluding diaryl/α,β-unsaturated/α-hetero) is 2. The zero-order chi connectivity index (χ0) is 23.4. The van der Waals surface area contributed by atoms with Crippen molar-refractivity contribution < 1.29 is 19.1 Å². The number of aromatic nitrogens is 1. The van der Waals surface area contributed by atoms with Crippen LogP contribution >= 0.6 is 0 Å². The molecule has 2 atom stereocenters. The van der Waals surface area contributed by atoms with Gasteiger partial charge in [-0.05, 0) is 28.8 Å². The van der Waals surface area contributed by atoms with Crippen LogP contribution < -0.4 is 4.74 Å². The van der Waals surface area contributed by atoms with Crippen molar-refractivity contribution in [1.29, 1.82) is 0 Å². The summed E-state index contributed by atoms with van der Waals surface area (Å²) < 4.78 is 11.6. The number of fused-ring (bicyclic) bond motifs is 3. The summed E-state index contributed by atoms with van der Waals surface area (Å²) in [6.45, 7) is 0. The van der Waals surface area contributed by atoms with E-state index in [0.717, 1.165) is 22.1 Å². The minimum absolute atomic E-state index is 0.101. The molecule has 0 spiro atoms. The van der Waals surface area contributed by atoms with Crippen molar-refractivity contribution in [2.45, 2.75) is 5.60 Å². The Bertz CT molecular complexity index is 1520. The van der Waals surface area contributed by atoms with Crippen LogP contribution in [-0.4, -0.2) is 36.4 Å². The van der Waals surface area contributed by atoms with Crippen LogP contribution in [0.2, 0.25) is 0 Å². The summed E-state index contributed by atoms with van der Waals surface area (Å²) in [5.41, 5.74) is 3.33. The lowest BCUT2D eigenvalue weighted by Crippen LogP contribution is -2.61. The number of carbonyl (C=O) groups excluding carboxylic acids is 2. The molecule has 2 aliphatic rings. The standard InChI is InChI=1S/C29H21NO4/c1-33-22-15-14-18(19-13-8-16-30-26(19)22)24-23(17-9-4-3-5-10-17)25-27(31)20-11-6-7-12-21(20)28(32)29(24,25)34-2/h3-16,25H,1-2H3. The Kier molecular flexibility index (Phi) is 4.51. The minimum Gasteiger partial charge on any atom is -0.494 e. The smallest absolute Gasteiger partial charge is 0.201 e. The Morgan fingerprint density at radius 3 is 2.26 bits per heavy atom. The van der Waals surface area contributed by atoms with E-state index in [4.69, 9.17) is 9.47 Å². The molecule has 4 aromatic rings. The average molecular weight is 447 g/mol. The highest BCUT2D eigenvalue weighted by atomic mass is 16.5. The number of hydrogen-bond donors (Lipinski definition) is 0. The van der Waals surface area contributed by atoms with Crippen molar-refractivity contribution >= 4 is 33.6 Å². The van der Waals surface area contributed by atoms with Gasteiger partial charge >= 0.3 is 0 Å². The highest BCUT2D eigenvalue weighted by Crippen LogP contribution is 2.61. The molecule has 5 nitrogen and oxygen atoms in total. The fraction of sp³-hybridized carbons (Fsp3) is 0.138. The Hall–Kier alpha value is -4.09. The van der Waals surface area contributed by atoms with Gasteiger partial charge in [-0.15, -0.1) is 0 Å². The molecule has 0 fully saturated rings. The predicted molar refractivity (Wildman–Crippen MR) is 130 cm³/mol. The van der Waals surface area contributed by atoms with Gasteiger partial charge in [0.1, 0.15) is 11.3 Å². The molecule has 166 valence electrons. The van der Waals surface area contributed by atoms with Gasteiger partial charge in [0, 0.05) is 35.4 Å². The third-order valence-electron chi connectivity index (χ3n) is 7.00. The van der Waals surface area contributed by atoms with Crippen molar-refractivity contribution in [3.63, 3.8) is 0 Å².